The summed E-state index contributed by atoms with van der Waals surface area (Å²) in [5.41, 5.74) is 2.19. The van der Waals surface area contributed by atoms with Crippen LogP contribution in [0, 0.1) is 17.7 Å². The zero-order chi connectivity index (χ0) is 27.9. The van der Waals surface area contributed by atoms with Crippen LogP contribution in [-0.4, -0.2) is 53.9 Å². The number of carbonyl (C=O) groups is 1. The van der Waals surface area contributed by atoms with E-state index >= 15 is 0 Å². The molecular formula is C29H26ClFN4O4S. The van der Waals surface area contributed by atoms with Crippen LogP contribution < -0.4 is 10.1 Å². The van der Waals surface area contributed by atoms with E-state index in [1.807, 2.05) is 12.1 Å². The molecule has 1 amide bonds. The van der Waals surface area contributed by atoms with Gasteiger partial charge in [0.2, 0.25) is 0 Å². The molecule has 3 heterocycles. The van der Waals surface area contributed by atoms with Gasteiger partial charge in [0.1, 0.15) is 31.1 Å². The molecule has 1 aliphatic heterocycles. The van der Waals surface area contributed by atoms with Crippen LogP contribution in [0.25, 0.3) is 10.2 Å². The molecule has 206 valence electrons. The number of rotatable bonds is 8. The van der Waals surface area contributed by atoms with Gasteiger partial charge in [0.25, 0.3) is 0 Å². The van der Waals surface area contributed by atoms with Crippen molar-refractivity contribution in [2.45, 2.75) is 25.5 Å². The number of anilines is 2. The number of nitrogens with zero attached hydrogens (tertiary/aromatic N) is 3. The van der Waals surface area contributed by atoms with Crippen molar-refractivity contribution in [3.05, 3.63) is 76.1 Å². The first-order valence-electron chi connectivity index (χ1n) is 12.6. The molecule has 2 aromatic carbocycles. The predicted molar refractivity (Wildman–Crippen MR) is 153 cm³/mol. The normalized spacial score (nSPS) is 14.6. The number of methoxy groups -OCH3 is 1. The number of benzene rings is 2. The second kappa shape index (κ2) is 13.0. The van der Waals surface area contributed by atoms with Crippen molar-refractivity contribution < 1.29 is 23.4 Å². The van der Waals surface area contributed by atoms with Gasteiger partial charge in [0.15, 0.2) is 5.82 Å². The van der Waals surface area contributed by atoms with Gasteiger partial charge in [-0.1, -0.05) is 35.6 Å². The van der Waals surface area contributed by atoms with Crippen molar-refractivity contribution in [2.75, 3.05) is 32.2 Å². The van der Waals surface area contributed by atoms with Gasteiger partial charge >= 0.3 is 6.09 Å². The minimum absolute atomic E-state index is 0.198. The predicted octanol–water partition coefficient (Wildman–Crippen LogP) is 6.41. The lowest BCUT2D eigenvalue weighted by molar-refractivity contribution is 0.0731. The number of hydrogen-bond acceptors (Lipinski definition) is 8. The Balaban J connectivity index is 1.26. The third-order valence-electron chi connectivity index (χ3n) is 6.15. The zero-order valence-corrected chi connectivity index (χ0v) is 23.2. The summed E-state index contributed by atoms with van der Waals surface area (Å²) in [6.45, 7) is 1.39. The maximum absolute atomic E-state index is 13.4. The fourth-order valence-electron chi connectivity index (χ4n) is 4.21. The van der Waals surface area contributed by atoms with Crippen molar-refractivity contribution in [1.82, 2.24) is 14.9 Å². The van der Waals surface area contributed by atoms with E-state index in [9.17, 15) is 9.18 Å². The highest BCUT2D eigenvalue weighted by Gasteiger charge is 2.28. The third kappa shape index (κ3) is 6.80. The van der Waals surface area contributed by atoms with Gasteiger partial charge in [0.05, 0.1) is 32.8 Å². The molecule has 0 bridgehead atoms. The minimum Gasteiger partial charge on any atom is -0.487 e. The molecule has 0 unspecified atom stereocenters. The molecule has 1 saturated heterocycles. The fraction of sp³-hybridized carbons (Fsp3) is 0.276. The first-order valence-corrected chi connectivity index (χ1v) is 13.8. The number of aromatic nitrogens is 2. The van der Waals surface area contributed by atoms with Crippen molar-refractivity contribution in [3.63, 3.8) is 0 Å². The molecule has 0 saturated carbocycles. The molecule has 11 heteroatoms. The monoisotopic (exact) mass is 580 g/mol. The summed E-state index contributed by atoms with van der Waals surface area (Å²) >= 11 is 7.92. The van der Waals surface area contributed by atoms with E-state index in [1.54, 1.807) is 36.3 Å². The van der Waals surface area contributed by atoms with Crippen LogP contribution in [-0.2, 0) is 16.1 Å². The van der Waals surface area contributed by atoms with Crippen LogP contribution in [0.5, 0.6) is 5.75 Å². The van der Waals surface area contributed by atoms with Crippen molar-refractivity contribution in [3.8, 4) is 17.6 Å². The average molecular weight is 581 g/mol. The summed E-state index contributed by atoms with van der Waals surface area (Å²) in [6, 6.07) is 13.3. The molecule has 40 heavy (non-hydrogen) atoms. The Morgan fingerprint density at radius 3 is 2.95 bits per heavy atom. The summed E-state index contributed by atoms with van der Waals surface area (Å²) in [4.78, 5) is 23.7. The minimum atomic E-state index is -0.369. The Hall–Kier alpha value is -3.91. The highest BCUT2D eigenvalue weighted by molar-refractivity contribution is 7.20. The molecule has 8 nitrogen and oxygen atoms in total. The zero-order valence-electron chi connectivity index (χ0n) is 21.7. The summed E-state index contributed by atoms with van der Waals surface area (Å²) in [6.07, 6.45) is 2.79. The molecule has 0 spiro atoms. The first kappa shape index (κ1) is 27.6. The van der Waals surface area contributed by atoms with E-state index in [1.165, 1.54) is 29.8 Å². The van der Waals surface area contributed by atoms with Crippen LogP contribution in [0.15, 0.2) is 54.9 Å². The first-order chi connectivity index (χ1) is 19.5. The lowest BCUT2D eigenvalue weighted by atomic mass is 10.2. The smallest absolute Gasteiger partial charge is 0.410 e. The van der Waals surface area contributed by atoms with E-state index in [-0.39, 0.29) is 31.2 Å². The van der Waals surface area contributed by atoms with E-state index in [0.29, 0.717) is 35.3 Å². The Morgan fingerprint density at radius 2 is 2.12 bits per heavy atom. The van der Waals surface area contributed by atoms with E-state index in [0.717, 1.165) is 33.6 Å². The lowest BCUT2D eigenvalue weighted by Crippen LogP contribution is -2.35. The number of hydrogen-bond donors (Lipinski definition) is 1. The number of likely N-dealkylation sites (tertiary alicyclic amines) is 1. The number of fused-ring (bicyclic) bond motifs is 1. The van der Waals surface area contributed by atoms with Crippen LogP contribution in [0.1, 0.15) is 23.3 Å². The Kier molecular flexibility index (Phi) is 8.96. The highest BCUT2D eigenvalue weighted by Crippen LogP contribution is 2.33. The number of amides is 1. The molecule has 0 radical (unpaired) electrons. The van der Waals surface area contributed by atoms with E-state index in [4.69, 9.17) is 25.8 Å². The van der Waals surface area contributed by atoms with Gasteiger partial charge in [-0.3, -0.25) is 4.90 Å². The fourth-order valence-corrected chi connectivity index (χ4v) is 5.36. The summed E-state index contributed by atoms with van der Waals surface area (Å²) < 4.78 is 30.2. The maximum Gasteiger partial charge on any atom is 0.410 e. The molecule has 5 rings (SSSR count). The Bertz CT molecular complexity index is 1570. The number of ether oxygens (including phenoxy) is 3. The van der Waals surface area contributed by atoms with Crippen LogP contribution in [0.4, 0.5) is 20.7 Å². The maximum atomic E-state index is 13.4. The van der Waals surface area contributed by atoms with E-state index < -0.39 is 0 Å². The van der Waals surface area contributed by atoms with Crippen LogP contribution in [0.3, 0.4) is 0 Å². The van der Waals surface area contributed by atoms with Crippen molar-refractivity contribution >= 4 is 50.8 Å². The molecule has 1 aliphatic rings. The molecular weight excluding hydrogens is 555 g/mol. The second-order valence-corrected chi connectivity index (χ2v) is 10.4. The van der Waals surface area contributed by atoms with Crippen LogP contribution >= 0.6 is 22.9 Å². The summed E-state index contributed by atoms with van der Waals surface area (Å²) in [5, 5.41) is 3.70. The Morgan fingerprint density at radius 1 is 1.23 bits per heavy atom. The summed E-state index contributed by atoms with van der Waals surface area (Å²) in [5.74, 6) is 7.22. The third-order valence-corrected chi connectivity index (χ3v) is 7.49. The van der Waals surface area contributed by atoms with Crippen molar-refractivity contribution in [2.24, 2.45) is 0 Å². The largest absolute Gasteiger partial charge is 0.487 e. The molecule has 1 N–H and O–H groups in total. The van der Waals surface area contributed by atoms with E-state index in [2.05, 4.69) is 27.1 Å². The number of thiophene rings is 1. The van der Waals surface area contributed by atoms with Gasteiger partial charge in [0, 0.05) is 19.3 Å². The summed E-state index contributed by atoms with van der Waals surface area (Å²) in [7, 11) is 1.56. The Labute approximate surface area is 240 Å². The molecule has 2 aromatic heterocycles. The average Bonchev–Trinajstić information content (AvgIpc) is 3.59. The lowest BCUT2D eigenvalue weighted by Gasteiger charge is -2.19. The highest BCUT2D eigenvalue weighted by atomic mass is 35.5. The standard InChI is InChI=1S/C29H26ClFN4O4S/c1-37-12-13-38-29(36)35-11-3-6-22(35)8-9-23-16-25-27(40-23)28(33-18-32-25)34-21-7-10-26(24(30)15-21)39-17-19-4-2-5-20(31)14-19/h2,4-5,7,10,14-16,18,22H,3,6,11-13,17H2,1H3,(H,32,33,34)/t22-/m1/s1. The molecule has 0 aliphatic carbocycles. The quantitative estimate of drug-likeness (QED) is 0.190. The number of halogens is 2. The van der Waals surface area contributed by atoms with Gasteiger partial charge in [-0.2, -0.15) is 0 Å². The molecule has 4 aromatic rings. The number of nitrogens with one attached hydrogen (secondary N) is 1. The molecule has 1 fully saturated rings. The molecule has 1 atom stereocenters. The van der Waals surface area contributed by atoms with Gasteiger partial charge < -0.3 is 19.5 Å². The van der Waals surface area contributed by atoms with Crippen LogP contribution in [0.2, 0.25) is 5.02 Å². The number of carbonyl (C=O) groups excluding carboxylic acids is 1. The second-order valence-electron chi connectivity index (χ2n) is 8.96. The SMILES string of the molecule is COCCOC(=O)N1CCC[C@@H]1C#Cc1cc2ncnc(Nc3ccc(OCc4cccc(F)c4)c(Cl)c3)c2s1. The van der Waals surface area contributed by atoms with Gasteiger partial charge in [-0.25, -0.2) is 19.2 Å². The van der Waals surface area contributed by atoms with Gasteiger partial charge in [-0.15, -0.1) is 11.3 Å². The van der Waals surface area contributed by atoms with Gasteiger partial charge in [-0.05, 0) is 54.8 Å². The topological polar surface area (TPSA) is 85.8 Å². The van der Waals surface area contributed by atoms with Crippen molar-refractivity contribution in [1.29, 1.82) is 0 Å².